The molecule has 1 saturated carbocycles. The molecule has 0 saturated heterocycles. The molecular weight excluding hydrogens is 502 g/mol. The minimum absolute atomic E-state index is 0.00628. The molecule has 0 spiro atoms. The first-order valence-corrected chi connectivity index (χ1v) is 14.0. The van der Waals surface area contributed by atoms with Crippen LogP contribution in [0.25, 0.3) is 0 Å². The van der Waals surface area contributed by atoms with E-state index in [4.69, 9.17) is 4.74 Å². The van der Waals surface area contributed by atoms with Gasteiger partial charge in [0.1, 0.15) is 17.6 Å². The third-order valence-electron chi connectivity index (χ3n) is 6.68. The lowest BCUT2D eigenvalue weighted by Crippen LogP contribution is -2.43. The summed E-state index contributed by atoms with van der Waals surface area (Å²) in [5.41, 5.74) is 2.06. The minimum Gasteiger partial charge on any atom is -0.494 e. The first kappa shape index (κ1) is 26.0. The highest BCUT2D eigenvalue weighted by Crippen LogP contribution is 2.34. The van der Waals surface area contributed by atoms with Gasteiger partial charge in [-0.1, -0.05) is 43.2 Å². The van der Waals surface area contributed by atoms with Crippen LogP contribution < -0.4 is 15.4 Å². The summed E-state index contributed by atoms with van der Waals surface area (Å²) in [5, 5.41) is 6.31. The van der Waals surface area contributed by atoms with E-state index in [0.29, 0.717) is 29.0 Å². The van der Waals surface area contributed by atoms with Gasteiger partial charge in [0.05, 0.1) is 24.5 Å². The summed E-state index contributed by atoms with van der Waals surface area (Å²) in [4.78, 5) is 49.6. The number of amides is 3. The third-order valence-corrected chi connectivity index (χ3v) is 7.62. The number of thioether (sulfide) groups is 1. The predicted molar refractivity (Wildman–Crippen MR) is 149 cm³/mol. The molecule has 2 aliphatic heterocycles. The van der Waals surface area contributed by atoms with Gasteiger partial charge in [-0.25, -0.2) is 9.89 Å². The average molecular weight is 534 g/mol. The van der Waals surface area contributed by atoms with Crippen LogP contribution in [0.2, 0.25) is 0 Å². The van der Waals surface area contributed by atoms with Gasteiger partial charge in [-0.3, -0.25) is 19.4 Å². The quantitative estimate of drug-likeness (QED) is 0.527. The number of benzene rings is 2. The lowest BCUT2D eigenvalue weighted by molar-refractivity contribution is -0.129. The first-order valence-electron chi connectivity index (χ1n) is 13.1. The second kappa shape index (κ2) is 11.8. The highest BCUT2D eigenvalue weighted by molar-refractivity contribution is 8.14. The van der Waals surface area contributed by atoms with Gasteiger partial charge in [-0.05, 0) is 56.2 Å². The Morgan fingerprint density at radius 3 is 2.58 bits per heavy atom. The lowest BCUT2D eigenvalue weighted by Gasteiger charge is -2.25. The maximum Gasteiger partial charge on any atom is 0.259 e. The van der Waals surface area contributed by atoms with Crippen molar-refractivity contribution >= 4 is 51.9 Å². The van der Waals surface area contributed by atoms with E-state index in [2.05, 4.69) is 20.6 Å². The van der Waals surface area contributed by atoms with Gasteiger partial charge in [0.25, 0.3) is 5.91 Å². The summed E-state index contributed by atoms with van der Waals surface area (Å²) in [5.74, 6) is 0.578. The van der Waals surface area contributed by atoms with Crippen molar-refractivity contribution < 1.29 is 19.1 Å². The van der Waals surface area contributed by atoms with Crippen molar-refractivity contribution in [2.24, 2.45) is 9.98 Å². The highest BCUT2D eigenvalue weighted by atomic mass is 32.2. The number of aliphatic imine (C=N–C) groups is 2. The number of nitrogens with zero attached hydrogens (tertiary/aromatic N) is 3. The van der Waals surface area contributed by atoms with Crippen molar-refractivity contribution in [2.45, 2.75) is 57.5 Å². The average Bonchev–Trinajstić information content (AvgIpc) is 3.25. The molecule has 1 aliphatic carbocycles. The number of carbonyl (C=O) groups excluding carboxylic acids is 3. The van der Waals surface area contributed by atoms with Gasteiger partial charge < -0.3 is 15.4 Å². The zero-order valence-corrected chi connectivity index (χ0v) is 22.1. The summed E-state index contributed by atoms with van der Waals surface area (Å²) in [6.45, 7) is 2.48. The van der Waals surface area contributed by atoms with Gasteiger partial charge in [0, 0.05) is 17.3 Å². The number of amidine groups is 2. The van der Waals surface area contributed by atoms with Crippen LogP contribution in [-0.4, -0.2) is 58.1 Å². The monoisotopic (exact) mass is 533 g/mol. The van der Waals surface area contributed by atoms with Gasteiger partial charge >= 0.3 is 0 Å². The molecule has 1 atom stereocenters. The van der Waals surface area contributed by atoms with Crippen LogP contribution in [-0.2, 0) is 14.4 Å². The van der Waals surface area contributed by atoms with Crippen LogP contribution in [0, 0.1) is 0 Å². The van der Waals surface area contributed by atoms with Crippen LogP contribution >= 0.6 is 11.8 Å². The van der Waals surface area contributed by atoms with E-state index in [0.717, 1.165) is 37.0 Å². The van der Waals surface area contributed by atoms with Gasteiger partial charge in [-0.2, -0.15) is 0 Å². The molecule has 5 rings (SSSR count). The number of rotatable bonds is 8. The maximum absolute atomic E-state index is 13.4. The Kier molecular flexibility index (Phi) is 8.07. The molecule has 10 heteroatoms. The van der Waals surface area contributed by atoms with Crippen LogP contribution in [0.3, 0.4) is 0 Å². The van der Waals surface area contributed by atoms with E-state index in [1.54, 1.807) is 24.3 Å². The molecule has 2 aromatic carbocycles. The van der Waals surface area contributed by atoms with Gasteiger partial charge in [0.15, 0.2) is 5.17 Å². The Hall–Kier alpha value is -3.66. The largest absolute Gasteiger partial charge is 0.494 e. The molecule has 1 unspecified atom stereocenters. The SMILES string of the molecule is CCOc1ccc(NC(=O)CSC2=Nc3ccccc3C3=NC(CC(=O)NC4CCCCC4)C(=O)N23)cc1. The fourth-order valence-electron chi connectivity index (χ4n) is 4.87. The fourth-order valence-corrected chi connectivity index (χ4v) is 5.67. The topological polar surface area (TPSA) is 112 Å². The predicted octanol–water partition coefficient (Wildman–Crippen LogP) is 4.25. The summed E-state index contributed by atoms with van der Waals surface area (Å²) in [7, 11) is 0. The molecule has 1 fully saturated rings. The van der Waals surface area contributed by atoms with Crippen LogP contribution in [0.1, 0.15) is 51.0 Å². The number of carbonyl (C=O) groups is 3. The van der Waals surface area contributed by atoms with E-state index < -0.39 is 6.04 Å². The molecule has 0 bridgehead atoms. The van der Waals surface area contributed by atoms with Gasteiger partial charge in [-0.15, -0.1) is 0 Å². The number of hydrogen-bond donors (Lipinski definition) is 2. The Morgan fingerprint density at radius 2 is 1.82 bits per heavy atom. The first-order chi connectivity index (χ1) is 18.5. The minimum atomic E-state index is -0.816. The summed E-state index contributed by atoms with van der Waals surface area (Å²) >= 11 is 1.17. The van der Waals surface area contributed by atoms with Crippen molar-refractivity contribution in [1.29, 1.82) is 0 Å². The normalized spacial score (nSPS) is 18.7. The van der Waals surface area contributed by atoms with Crippen LogP contribution in [0.15, 0.2) is 58.5 Å². The van der Waals surface area contributed by atoms with Gasteiger partial charge in [0.2, 0.25) is 11.8 Å². The molecule has 3 amide bonds. The number of hydrogen-bond acceptors (Lipinski definition) is 7. The summed E-state index contributed by atoms with van der Waals surface area (Å²) < 4.78 is 5.44. The molecule has 38 heavy (non-hydrogen) atoms. The number of nitrogens with one attached hydrogen (secondary N) is 2. The molecular formula is C28H31N5O4S. The number of fused-ring (bicyclic) bond motifs is 3. The Labute approximate surface area is 226 Å². The third kappa shape index (κ3) is 5.91. The molecule has 0 aromatic heterocycles. The van der Waals surface area contributed by atoms with E-state index >= 15 is 0 Å². The molecule has 2 heterocycles. The Balaban J connectivity index is 1.26. The smallest absolute Gasteiger partial charge is 0.259 e. The van der Waals surface area contributed by atoms with E-state index in [1.807, 2.05) is 31.2 Å². The molecule has 3 aliphatic rings. The van der Waals surface area contributed by atoms with Crippen molar-refractivity contribution in [3.8, 4) is 5.75 Å². The van der Waals surface area contributed by atoms with Crippen molar-refractivity contribution in [2.75, 3.05) is 17.7 Å². The van der Waals surface area contributed by atoms with E-state index in [-0.39, 0.29) is 35.9 Å². The zero-order valence-electron chi connectivity index (χ0n) is 21.3. The zero-order chi connectivity index (χ0) is 26.5. The number of para-hydroxylation sites is 1. The fraction of sp³-hybridized carbons (Fsp3) is 0.393. The Morgan fingerprint density at radius 1 is 1.05 bits per heavy atom. The molecule has 2 N–H and O–H groups in total. The van der Waals surface area contributed by atoms with Crippen LogP contribution in [0.4, 0.5) is 11.4 Å². The summed E-state index contributed by atoms with van der Waals surface area (Å²) in [6.07, 6.45) is 5.38. The summed E-state index contributed by atoms with van der Waals surface area (Å²) in [6, 6.07) is 13.9. The van der Waals surface area contributed by atoms with Crippen molar-refractivity contribution in [3.63, 3.8) is 0 Å². The van der Waals surface area contributed by atoms with E-state index in [9.17, 15) is 14.4 Å². The maximum atomic E-state index is 13.4. The lowest BCUT2D eigenvalue weighted by atomic mass is 9.95. The van der Waals surface area contributed by atoms with E-state index in [1.165, 1.54) is 23.1 Å². The van der Waals surface area contributed by atoms with Crippen LogP contribution in [0.5, 0.6) is 5.75 Å². The molecule has 198 valence electrons. The molecule has 2 aromatic rings. The second-order valence-electron chi connectivity index (χ2n) is 9.45. The molecule has 0 radical (unpaired) electrons. The second-order valence-corrected chi connectivity index (χ2v) is 10.4. The Bertz CT molecular complexity index is 1270. The highest BCUT2D eigenvalue weighted by Gasteiger charge is 2.42. The van der Waals surface area contributed by atoms with Crippen molar-refractivity contribution in [3.05, 3.63) is 54.1 Å². The van der Waals surface area contributed by atoms with Crippen molar-refractivity contribution in [1.82, 2.24) is 10.2 Å². The molecule has 9 nitrogen and oxygen atoms in total. The number of ether oxygens (including phenoxy) is 1. The standard InChI is InChI=1S/C28H31N5O4S/c1-2-37-20-14-12-19(13-15-20)30-25(35)17-38-28-32-22-11-7-6-10-21(22)26-31-23(27(36)33(26)28)16-24(34)29-18-8-4-3-5-9-18/h6-7,10-15,18,23H,2-5,8-9,16-17H2,1H3,(H,29,34)(H,30,35). The number of anilines is 1.